The standard InChI is InChI=1S/C19H29N3O/c1-14-7-2-5-12-18(14)22-19(20-15-8-3-4-9-15)21-16-10-6-11-17(23)13-16/h6,10-11,13-15,18,23H,2-5,7-9,12H2,1H3,(H2,20,21,22). The Morgan fingerprint density at radius 2 is 1.83 bits per heavy atom. The van der Waals surface area contributed by atoms with E-state index < -0.39 is 0 Å². The molecule has 4 nitrogen and oxygen atoms in total. The van der Waals surface area contributed by atoms with Crippen molar-refractivity contribution in [2.45, 2.75) is 70.4 Å². The van der Waals surface area contributed by atoms with Gasteiger partial charge in [-0.1, -0.05) is 38.7 Å². The van der Waals surface area contributed by atoms with Crippen molar-refractivity contribution >= 4 is 11.6 Å². The first kappa shape index (κ1) is 16.2. The van der Waals surface area contributed by atoms with Crippen LogP contribution in [0.15, 0.2) is 29.3 Å². The average molecular weight is 315 g/mol. The summed E-state index contributed by atoms with van der Waals surface area (Å²) in [5.74, 6) is 1.80. The van der Waals surface area contributed by atoms with Crippen LogP contribution in [0.1, 0.15) is 58.3 Å². The molecule has 1 aromatic carbocycles. The van der Waals surface area contributed by atoms with Crippen LogP contribution in [0.4, 0.5) is 5.69 Å². The Labute approximate surface area is 139 Å². The SMILES string of the molecule is CC1CCCCC1N=C(Nc1cccc(O)c1)NC1CCCC1. The Hall–Kier alpha value is -1.71. The number of hydrogen-bond donors (Lipinski definition) is 3. The van der Waals surface area contributed by atoms with Gasteiger partial charge in [0.05, 0.1) is 6.04 Å². The maximum absolute atomic E-state index is 9.67. The first-order valence-electron chi connectivity index (χ1n) is 9.11. The van der Waals surface area contributed by atoms with Gasteiger partial charge in [-0.15, -0.1) is 0 Å². The van der Waals surface area contributed by atoms with E-state index in [2.05, 4.69) is 17.6 Å². The van der Waals surface area contributed by atoms with E-state index in [4.69, 9.17) is 4.99 Å². The van der Waals surface area contributed by atoms with Gasteiger partial charge in [-0.3, -0.25) is 0 Å². The molecule has 0 spiro atoms. The highest BCUT2D eigenvalue weighted by atomic mass is 16.3. The van der Waals surface area contributed by atoms with E-state index in [0.717, 1.165) is 11.6 Å². The number of nitrogens with zero attached hydrogens (tertiary/aromatic N) is 1. The molecule has 126 valence electrons. The molecule has 0 radical (unpaired) electrons. The van der Waals surface area contributed by atoms with Crippen molar-refractivity contribution in [1.29, 1.82) is 0 Å². The van der Waals surface area contributed by atoms with Crippen LogP contribution in [0.2, 0.25) is 0 Å². The lowest BCUT2D eigenvalue weighted by atomic mass is 9.86. The summed E-state index contributed by atoms with van der Waals surface area (Å²) in [5, 5.41) is 16.7. The second-order valence-corrected chi connectivity index (χ2v) is 7.11. The van der Waals surface area contributed by atoms with E-state index >= 15 is 0 Å². The van der Waals surface area contributed by atoms with Crippen molar-refractivity contribution in [2.75, 3.05) is 5.32 Å². The smallest absolute Gasteiger partial charge is 0.196 e. The maximum atomic E-state index is 9.67. The second kappa shape index (κ2) is 7.71. The molecular formula is C19H29N3O. The van der Waals surface area contributed by atoms with Gasteiger partial charge in [0.1, 0.15) is 5.75 Å². The number of hydrogen-bond acceptors (Lipinski definition) is 2. The van der Waals surface area contributed by atoms with E-state index in [0.29, 0.717) is 18.0 Å². The third kappa shape index (κ3) is 4.63. The van der Waals surface area contributed by atoms with Gasteiger partial charge in [-0.2, -0.15) is 0 Å². The summed E-state index contributed by atoms with van der Waals surface area (Å²) in [4.78, 5) is 5.02. The third-order valence-electron chi connectivity index (χ3n) is 5.17. The van der Waals surface area contributed by atoms with E-state index in [-0.39, 0.29) is 5.75 Å². The Kier molecular flexibility index (Phi) is 5.42. The summed E-state index contributed by atoms with van der Waals surface area (Å²) < 4.78 is 0. The molecular weight excluding hydrogens is 286 g/mol. The molecule has 23 heavy (non-hydrogen) atoms. The van der Waals surface area contributed by atoms with Gasteiger partial charge in [0.15, 0.2) is 5.96 Å². The summed E-state index contributed by atoms with van der Waals surface area (Å²) in [7, 11) is 0. The Balaban J connectivity index is 1.74. The van der Waals surface area contributed by atoms with Gasteiger partial charge in [-0.25, -0.2) is 4.99 Å². The lowest BCUT2D eigenvalue weighted by Gasteiger charge is -2.27. The molecule has 0 aromatic heterocycles. The van der Waals surface area contributed by atoms with Gasteiger partial charge in [-0.05, 0) is 43.7 Å². The topological polar surface area (TPSA) is 56.7 Å². The van der Waals surface area contributed by atoms with Gasteiger partial charge in [0.2, 0.25) is 0 Å². The van der Waals surface area contributed by atoms with Gasteiger partial charge in [0.25, 0.3) is 0 Å². The molecule has 0 saturated heterocycles. The molecule has 0 aliphatic heterocycles. The summed E-state index contributed by atoms with van der Waals surface area (Å²) in [6.07, 6.45) is 10.1. The molecule has 0 amide bonds. The summed E-state index contributed by atoms with van der Waals surface area (Å²) in [5.41, 5.74) is 0.887. The minimum atomic E-state index is 0.279. The molecule has 3 rings (SSSR count). The zero-order valence-electron chi connectivity index (χ0n) is 14.1. The van der Waals surface area contributed by atoms with Crippen LogP contribution in [0.3, 0.4) is 0 Å². The Morgan fingerprint density at radius 1 is 1.09 bits per heavy atom. The number of aliphatic imine (C=N–C) groups is 1. The van der Waals surface area contributed by atoms with Crippen LogP contribution in [-0.2, 0) is 0 Å². The first-order valence-corrected chi connectivity index (χ1v) is 9.11. The van der Waals surface area contributed by atoms with Crippen molar-refractivity contribution in [3.8, 4) is 5.75 Å². The molecule has 1 aromatic rings. The van der Waals surface area contributed by atoms with Crippen LogP contribution in [0, 0.1) is 5.92 Å². The number of rotatable bonds is 3. The molecule has 2 fully saturated rings. The number of phenols is 1. The predicted molar refractivity (Wildman–Crippen MR) is 96.0 cm³/mol. The van der Waals surface area contributed by atoms with E-state index in [1.807, 2.05) is 12.1 Å². The Bertz CT molecular complexity index is 537. The van der Waals surface area contributed by atoms with E-state index in [1.54, 1.807) is 12.1 Å². The zero-order valence-corrected chi connectivity index (χ0v) is 14.1. The van der Waals surface area contributed by atoms with Crippen LogP contribution < -0.4 is 10.6 Å². The molecule has 4 heteroatoms. The number of guanidine groups is 1. The van der Waals surface area contributed by atoms with Gasteiger partial charge >= 0.3 is 0 Å². The van der Waals surface area contributed by atoms with E-state index in [9.17, 15) is 5.11 Å². The molecule has 2 saturated carbocycles. The monoisotopic (exact) mass is 315 g/mol. The third-order valence-corrected chi connectivity index (χ3v) is 5.17. The fraction of sp³-hybridized carbons (Fsp3) is 0.632. The van der Waals surface area contributed by atoms with Crippen molar-refractivity contribution in [2.24, 2.45) is 10.9 Å². The lowest BCUT2D eigenvalue weighted by Crippen LogP contribution is -2.39. The van der Waals surface area contributed by atoms with Crippen LogP contribution >= 0.6 is 0 Å². The van der Waals surface area contributed by atoms with Crippen LogP contribution in [-0.4, -0.2) is 23.1 Å². The zero-order chi connectivity index (χ0) is 16.1. The number of nitrogens with one attached hydrogen (secondary N) is 2. The molecule has 0 bridgehead atoms. The van der Waals surface area contributed by atoms with Crippen molar-refractivity contribution in [3.05, 3.63) is 24.3 Å². The predicted octanol–water partition coefficient (Wildman–Crippen LogP) is 4.27. The summed E-state index contributed by atoms with van der Waals surface area (Å²) >= 11 is 0. The van der Waals surface area contributed by atoms with Crippen LogP contribution in [0.25, 0.3) is 0 Å². The minimum Gasteiger partial charge on any atom is -0.508 e. The first-order chi connectivity index (χ1) is 11.2. The molecule has 3 N–H and O–H groups in total. The van der Waals surface area contributed by atoms with Crippen molar-refractivity contribution in [3.63, 3.8) is 0 Å². The molecule has 2 unspecified atom stereocenters. The van der Waals surface area contributed by atoms with Crippen molar-refractivity contribution in [1.82, 2.24) is 5.32 Å². The Morgan fingerprint density at radius 3 is 2.57 bits per heavy atom. The minimum absolute atomic E-state index is 0.279. The number of anilines is 1. The molecule has 2 atom stereocenters. The fourth-order valence-electron chi connectivity index (χ4n) is 3.74. The largest absolute Gasteiger partial charge is 0.508 e. The second-order valence-electron chi connectivity index (χ2n) is 7.11. The van der Waals surface area contributed by atoms with Gasteiger partial charge in [0, 0.05) is 17.8 Å². The van der Waals surface area contributed by atoms with Crippen LogP contribution in [0.5, 0.6) is 5.75 Å². The fourth-order valence-corrected chi connectivity index (χ4v) is 3.74. The number of aromatic hydroxyl groups is 1. The quantitative estimate of drug-likeness (QED) is 0.576. The lowest BCUT2D eigenvalue weighted by molar-refractivity contribution is 0.332. The number of phenolic OH excluding ortho intramolecular Hbond substituents is 1. The maximum Gasteiger partial charge on any atom is 0.196 e. The average Bonchev–Trinajstić information content (AvgIpc) is 3.02. The number of benzene rings is 1. The highest BCUT2D eigenvalue weighted by molar-refractivity contribution is 5.94. The molecule has 0 heterocycles. The van der Waals surface area contributed by atoms with Gasteiger partial charge < -0.3 is 15.7 Å². The highest BCUT2D eigenvalue weighted by Gasteiger charge is 2.22. The van der Waals surface area contributed by atoms with E-state index in [1.165, 1.54) is 51.4 Å². The molecule has 2 aliphatic rings. The summed E-state index contributed by atoms with van der Waals surface area (Å²) in [6.45, 7) is 2.31. The normalized spacial score (nSPS) is 26.2. The van der Waals surface area contributed by atoms with Crippen molar-refractivity contribution < 1.29 is 5.11 Å². The summed E-state index contributed by atoms with van der Waals surface area (Å²) in [6, 6.07) is 8.19. The molecule has 2 aliphatic carbocycles. The highest BCUT2D eigenvalue weighted by Crippen LogP contribution is 2.27.